The topological polar surface area (TPSA) is 55.1 Å². The van der Waals surface area contributed by atoms with E-state index in [2.05, 4.69) is 48.7 Å². The number of nitrogens with zero attached hydrogens (tertiary/aromatic N) is 2. The molecule has 0 aliphatic heterocycles. The highest BCUT2D eigenvalue weighted by Gasteiger charge is 2.18. The monoisotopic (exact) mass is 382 g/mol. The lowest BCUT2D eigenvalue weighted by Gasteiger charge is -2.19. The van der Waals surface area contributed by atoms with Crippen LogP contribution in [0.15, 0.2) is 78.9 Å². The quantitative estimate of drug-likeness (QED) is 0.449. The molecule has 0 unspecified atom stereocenters. The predicted molar refractivity (Wildman–Crippen MR) is 117 cm³/mol. The zero-order valence-electron chi connectivity index (χ0n) is 16.4. The van der Waals surface area contributed by atoms with E-state index in [0.717, 1.165) is 34.1 Å². The number of imidazole rings is 1. The zero-order chi connectivity index (χ0) is 20.4. The van der Waals surface area contributed by atoms with Crippen LogP contribution in [-0.2, 0) is 4.79 Å². The summed E-state index contributed by atoms with van der Waals surface area (Å²) < 4.78 is 2.25. The van der Waals surface area contributed by atoms with Gasteiger partial charge in [0, 0.05) is 11.6 Å². The van der Waals surface area contributed by atoms with Crippen LogP contribution in [0, 0.1) is 6.92 Å². The van der Waals surface area contributed by atoms with E-state index in [-0.39, 0.29) is 6.04 Å². The van der Waals surface area contributed by atoms with Gasteiger partial charge in [0.05, 0.1) is 17.1 Å². The maximum absolute atomic E-state index is 10.9. The minimum atomic E-state index is -0.962. The fourth-order valence-corrected chi connectivity index (χ4v) is 3.58. The third kappa shape index (κ3) is 3.83. The van der Waals surface area contributed by atoms with Gasteiger partial charge < -0.3 is 9.67 Å². The molecule has 0 bridgehead atoms. The van der Waals surface area contributed by atoms with Gasteiger partial charge in [-0.3, -0.25) is 0 Å². The molecule has 0 saturated heterocycles. The molecule has 0 aliphatic carbocycles. The summed E-state index contributed by atoms with van der Waals surface area (Å²) in [6.45, 7) is 4.26. The molecule has 0 fully saturated rings. The van der Waals surface area contributed by atoms with Crippen LogP contribution in [-0.4, -0.2) is 20.6 Å². The first-order valence-corrected chi connectivity index (χ1v) is 9.58. The molecule has 4 rings (SSSR count). The standard InChI is InChI=1S/C25H22N2O2/c1-17-10-13-20(14-11-17)18(2)27-23-9-4-3-8-22(23)26-25(27)21-7-5-6-19(16-21)12-15-24(28)29/h3-16,18H,1-2H3,(H,28,29)/b15-12+/t18-/m1/s1. The largest absolute Gasteiger partial charge is 0.478 e. The number of carboxylic acid groups (broad SMARTS) is 1. The van der Waals surface area contributed by atoms with Crippen LogP contribution >= 0.6 is 0 Å². The summed E-state index contributed by atoms with van der Waals surface area (Å²) in [5.41, 5.74) is 6.23. The Hall–Kier alpha value is -3.66. The van der Waals surface area contributed by atoms with Gasteiger partial charge in [0.2, 0.25) is 0 Å². The lowest BCUT2D eigenvalue weighted by atomic mass is 10.0. The van der Waals surface area contributed by atoms with Crippen molar-refractivity contribution in [3.8, 4) is 11.4 Å². The van der Waals surface area contributed by atoms with E-state index in [4.69, 9.17) is 10.1 Å². The van der Waals surface area contributed by atoms with Crippen LogP contribution in [0.4, 0.5) is 0 Å². The Morgan fingerprint density at radius 2 is 1.79 bits per heavy atom. The molecular weight excluding hydrogens is 360 g/mol. The van der Waals surface area contributed by atoms with Gasteiger partial charge in [0.15, 0.2) is 0 Å². The van der Waals surface area contributed by atoms with Gasteiger partial charge in [0.25, 0.3) is 0 Å². The second-order valence-corrected chi connectivity index (χ2v) is 7.18. The molecule has 4 nitrogen and oxygen atoms in total. The van der Waals surface area contributed by atoms with Gasteiger partial charge in [-0.15, -0.1) is 0 Å². The van der Waals surface area contributed by atoms with Crippen LogP contribution in [0.3, 0.4) is 0 Å². The summed E-state index contributed by atoms with van der Waals surface area (Å²) in [6, 6.07) is 24.6. The summed E-state index contributed by atoms with van der Waals surface area (Å²) in [5.74, 6) is -0.0968. The average molecular weight is 382 g/mol. The van der Waals surface area contributed by atoms with Crippen LogP contribution < -0.4 is 0 Å². The molecule has 0 aliphatic rings. The second kappa shape index (κ2) is 7.76. The number of hydrogen-bond donors (Lipinski definition) is 1. The number of aliphatic carboxylic acids is 1. The summed E-state index contributed by atoms with van der Waals surface area (Å²) in [4.78, 5) is 15.8. The molecule has 1 aromatic heterocycles. The Morgan fingerprint density at radius 3 is 2.55 bits per heavy atom. The smallest absolute Gasteiger partial charge is 0.328 e. The highest BCUT2D eigenvalue weighted by atomic mass is 16.4. The van der Waals surface area contributed by atoms with Crippen molar-refractivity contribution in [1.29, 1.82) is 0 Å². The van der Waals surface area contributed by atoms with Gasteiger partial charge in [-0.1, -0.05) is 60.2 Å². The number of para-hydroxylation sites is 2. The van der Waals surface area contributed by atoms with Gasteiger partial charge in [0.1, 0.15) is 5.82 Å². The maximum atomic E-state index is 10.9. The van der Waals surface area contributed by atoms with Crippen molar-refractivity contribution >= 4 is 23.1 Å². The number of carbonyl (C=O) groups is 1. The minimum absolute atomic E-state index is 0.0937. The van der Waals surface area contributed by atoms with Crippen LogP contribution in [0.25, 0.3) is 28.5 Å². The average Bonchev–Trinajstić information content (AvgIpc) is 3.12. The van der Waals surface area contributed by atoms with E-state index in [1.165, 1.54) is 11.1 Å². The molecule has 4 aromatic rings. The molecule has 0 radical (unpaired) electrons. The summed E-state index contributed by atoms with van der Waals surface area (Å²) in [6.07, 6.45) is 2.75. The van der Waals surface area contributed by atoms with Crippen molar-refractivity contribution in [2.24, 2.45) is 0 Å². The molecule has 1 heterocycles. The fraction of sp³-hybridized carbons (Fsp3) is 0.120. The molecule has 144 valence electrons. The highest BCUT2D eigenvalue weighted by Crippen LogP contribution is 2.32. The lowest BCUT2D eigenvalue weighted by molar-refractivity contribution is -0.131. The zero-order valence-corrected chi connectivity index (χ0v) is 16.4. The van der Waals surface area contributed by atoms with E-state index in [9.17, 15) is 4.79 Å². The highest BCUT2D eigenvalue weighted by molar-refractivity contribution is 5.86. The first-order chi connectivity index (χ1) is 14.0. The number of aryl methyl sites for hydroxylation is 1. The van der Waals surface area contributed by atoms with Crippen molar-refractivity contribution < 1.29 is 9.90 Å². The normalized spacial score (nSPS) is 12.5. The predicted octanol–water partition coefficient (Wildman–Crippen LogP) is 5.72. The number of fused-ring (bicyclic) bond motifs is 1. The van der Waals surface area contributed by atoms with E-state index >= 15 is 0 Å². The molecule has 4 heteroatoms. The van der Waals surface area contributed by atoms with E-state index < -0.39 is 5.97 Å². The second-order valence-electron chi connectivity index (χ2n) is 7.18. The van der Waals surface area contributed by atoms with Gasteiger partial charge >= 0.3 is 5.97 Å². The molecule has 1 atom stereocenters. The molecule has 1 N–H and O–H groups in total. The third-order valence-electron chi connectivity index (χ3n) is 5.11. The van der Waals surface area contributed by atoms with Gasteiger partial charge in [-0.25, -0.2) is 9.78 Å². The van der Waals surface area contributed by atoms with Gasteiger partial charge in [-0.2, -0.15) is 0 Å². The maximum Gasteiger partial charge on any atom is 0.328 e. The lowest BCUT2D eigenvalue weighted by Crippen LogP contribution is -2.08. The summed E-state index contributed by atoms with van der Waals surface area (Å²) in [7, 11) is 0. The van der Waals surface area contributed by atoms with Crippen molar-refractivity contribution in [2.75, 3.05) is 0 Å². The first kappa shape index (κ1) is 18.7. The molecule has 3 aromatic carbocycles. The Kier molecular flexibility index (Phi) is 5.00. The van der Waals surface area contributed by atoms with E-state index in [1.807, 2.05) is 42.5 Å². The Morgan fingerprint density at radius 1 is 1.03 bits per heavy atom. The summed E-state index contributed by atoms with van der Waals surface area (Å²) in [5, 5.41) is 8.92. The molecule has 29 heavy (non-hydrogen) atoms. The number of aromatic nitrogens is 2. The van der Waals surface area contributed by atoms with Crippen LogP contribution in [0.5, 0.6) is 0 Å². The summed E-state index contributed by atoms with van der Waals surface area (Å²) >= 11 is 0. The Labute approximate surface area is 169 Å². The number of benzene rings is 3. The SMILES string of the molecule is Cc1ccc([C@@H](C)n2c(-c3cccc(/C=C/C(=O)O)c3)nc3ccccc32)cc1. The first-order valence-electron chi connectivity index (χ1n) is 9.58. The Bertz CT molecular complexity index is 1200. The number of carboxylic acids is 1. The molecule has 0 amide bonds. The molecule has 0 spiro atoms. The van der Waals surface area contributed by atoms with Crippen molar-refractivity contribution in [2.45, 2.75) is 19.9 Å². The van der Waals surface area contributed by atoms with Crippen LogP contribution in [0.2, 0.25) is 0 Å². The van der Waals surface area contributed by atoms with E-state index in [0.29, 0.717) is 0 Å². The number of rotatable bonds is 5. The van der Waals surface area contributed by atoms with Crippen molar-refractivity contribution in [3.63, 3.8) is 0 Å². The van der Waals surface area contributed by atoms with E-state index in [1.54, 1.807) is 6.08 Å². The van der Waals surface area contributed by atoms with Crippen LogP contribution in [0.1, 0.15) is 29.7 Å². The molecular formula is C25H22N2O2. The Balaban J connectivity index is 1.87. The fourth-order valence-electron chi connectivity index (χ4n) is 3.58. The van der Waals surface area contributed by atoms with Gasteiger partial charge in [-0.05, 0) is 49.2 Å². The number of hydrogen-bond acceptors (Lipinski definition) is 2. The van der Waals surface area contributed by atoms with Crippen molar-refractivity contribution in [3.05, 3.63) is 95.6 Å². The molecule has 0 saturated carbocycles. The minimum Gasteiger partial charge on any atom is -0.478 e. The third-order valence-corrected chi connectivity index (χ3v) is 5.11. The van der Waals surface area contributed by atoms with Crippen molar-refractivity contribution in [1.82, 2.24) is 9.55 Å².